The highest BCUT2D eigenvalue weighted by atomic mass is 19.1. The highest BCUT2D eigenvalue weighted by Crippen LogP contribution is 2.40. The second-order valence-corrected chi connectivity index (χ2v) is 8.29. The van der Waals surface area contributed by atoms with Gasteiger partial charge in [0.25, 0.3) is 0 Å². The van der Waals surface area contributed by atoms with E-state index in [2.05, 4.69) is 26.0 Å². The third-order valence-electron chi connectivity index (χ3n) is 5.33. The van der Waals surface area contributed by atoms with Gasteiger partial charge in [0.1, 0.15) is 24.3 Å². The van der Waals surface area contributed by atoms with Crippen LogP contribution in [0.1, 0.15) is 54.9 Å². The van der Waals surface area contributed by atoms with Crippen LogP contribution in [0.3, 0.4) is 0 Å². The highest BCUT2D eigenvalue weighted by molar-refractivity contribution is 5.71. The molecule has 4 nitrogen and oxygen atoms in total. The monoisotopic (exact) mass is 400 g/mol. The fraction of sp³-hybridized carbons (Fsp3) is 0.458. The van der Waals surface area contributed by atoms with Crippen LogP contribution >= 0.6 is 0 Å². The number of ether oxygens (including phenoxy) is 2. The van der Waals surface area contributed by atoms with Crippen LogP contribution in [-0.2, 0) is 9.53 Å². The molecule has 0 radical (unpaired) electrons. The number of hydrogen-bond donors (Lipinski definition) is 1. The first-order valence-electron chi connectivity index (χ1n) is 10.1. The third-order valence-corrected chi connectivity index (χ3v) is 5.33. The predicted octanol–water partition coefficient (Wildman–Crippen LogP) is 4.68. The van der Waals surface area contributed by atoms with Crippen LogP contribution in [0.5, 0.6) is 5.75 Å². The molecule has 0 aromatic heterocycles. The maximum atomic E-state index is 13.5. The molecule has 3 rings (SSSR count). The minimum atomic E-state index is -0.689. The third kappa shape index (κ3) is 5.15. The Hall–Kier alpha value is -2.40. The van der Waals surface area contributed by atoms with E-state index in [-0.39, 0.29) is 30.7 Å². The van der Waals surface area contributed by atoms with Crippen molar-refractivity contribution in [3.8, 4) is 5.75 Å². The lowest BCUT2D eigenvalue weighted by Gasteiger charge is -2.29. The number of benzene rings is 2. The molecule has 29 heavy (non-hydrogen) atoms. The van der Waals surface area contributed by atoms with E-state index in [0.717, 1.165) is 28.0 Å². The molecule has 0 aliphatic carbocycles. The number of hydrogen-bond acceptors (Lipinski definition) is 4. The molecule has 1 aliphatic rings. The van der Waals surface area contributed by atoms with E-state index in [9.17, 15) is 14.3 Å². The number of halogens is 1. The van der Waals surface area contributed by atoms with Crippen molar-refractivity contribution in [1.29, 1.82) is 0 Å². The molecular weight excluding hydrogens is 371 g/mol. The van der Waals surface area contributed by atoms with Gasteiger partial charge in [-0.3, -0.25) is 4.79 Å². The number of carbonyl (C=O) groups excluding carboxylic acids is 1. The fourth-order valence-electron chi connectivity index (χ4n) is 4.15. The second kappa shape index (κ2) is 8.95. The van der Waals surface area contributed by atoms with Crippen LogP contribution in [0.2, 0.25) is 0 Å². The fourth-order valence-corrected chi connectivity index (χ4v) is 4.15. The topological polar surface area (TPSA) is 55.8 Å². The van der Waals surface area contributed by atoms with Crippen molar-refractivity contribution in [2.45, 2.75) is 58.7 Å². The van der Waals surface area contributed by atoms with Crippen LogP contribution < -0.4 is 4.74 Å². The predicted molar refractivity (Wildman–Crippen MR) is 110 cm³/mol. The van der Waals surface area contributed by atoms with Gasteiger partial charge in [-0.2, -0.15) is 0 Å². The normalized spacial score (nSPS) is 20.4. The summed E-state index contributed by atoms with van der Waals surface area (Å²) in [5, 5.41) is 9.84. The minimum absolute atomic E-state index is 0.0312. The van der Waals surface area contributed by atoms with Gasteiger partial charge < -0.3 is 14.6 Å². The van der Waals surface area contributed by atoms with E-state index in [1.54, 1.807) is 0 Å². The molecule has 5 heteroatoms. The average molecular weight is 400 g/mol. The van der Waals surface area contributed by atoms with E-state index in [4.69, 9.17) is 9.47 Å². The van der Waals surface area contributed by atoms with Crippen molar-refractivity contribution in [2.75, 3.05) is 6.61 Å². The van der Waals surface area contributed by atoms with Crippen LogP contribution in [-0.4, -0.2) is 29.9 Å². The molecule has 1 N–H and O–H groups in total. The first-order chi connectivity index (χ1) is 13.7. The smallest absolute Gasteiger partial charge is 0.308 e. The molecule has 1 heterocycles. The zero-order chi connectivity index (χ0) is 21.1. The van der Waals surface area contributed by atoms with Gasteiger partial charge in [-0.15, -0.1) is 0 Å². The van der Waals surface area contributed by atoms with Gasteiger partial charge in [0.2, 0.25) is 0 Å². The summed E-state index contributed by atoms with van der Waals surface area (Å²) >= 11 is 0. The van der Waals surface area contributed by atoms with E-state index in [1.807, 2.05) is 26.0 Å². The van der Waals surface area contributed by atoms with Crippen LogP contribution in [0.4, 0.5) is 4.39 Å². The summed E-state index contributed by atoms with van der Waals surface area (Å²) in [6.45, 7) is 8.49. The Morgan fingerprint density at radius 3 is 2.52 bits per heavy atom. The quantitative estimate of drug-likeness (QED) is 0.716. The number of cyclic esters (lactones) is 1. The Bertz CT molecular complexity index is 860. The largest absolute Gasteiger partial charge is 0.489 e. The molecule has 3 unspecified atom stereocenters. The lowest BCUT2D eigenvalue weighted by atomic mass is 9.81. The lowest BCUT2D eigenvalue weighted by molar-refractivity contribution is -0.162. The zero-order valence-corrected chi connectivity index (χ0v) is 17.4. The zero-order valence-electron chi connectivity index (χ0n) is 17.4. The maximum Gasteiger partial charge on any atom is 0.308 e. The molecule has 0 saturated carbocycles. The van der Waals surface area contributed by atoms with Crippen molar-refractivity contribution in [1.82, 2.24) is 0 Å². The molecule has 3 atom stereocenters. The minimum Gasteiger partial charge on any atom is -0.489 e. The number of esters is 1. The van der Waals surface area contributed by atoms with Crippen LogP contribution in [0.15, 0.2) is 36.4 Å². The van der Waals surface area contributed by atoms with Crippen LogP contribution in [0, 0.1) is 25.6 Å². The Kier molecular flexibility index (Phi) is 6.58. The Labute approximate surface area is 171 Å². The number of aliphatic hydroxyl groups excluding tert-OH is 1. The van der Waals surface area contributed by atoms with E-state index in [0.29, 0.717) is 6.42 Å². The molecule has 0 bridgehead atoms. The average Bonchev–Trinajstić information content (AvgIpc) is 2.61. The van der Waals surface area contributed by atoms with Gasteiger partial charge >= 0.3 is 5.97 Å². The van der Waals surface area contributed by atoms with Gasteiger partial charge in [-0.05, 0) is 43.0 Å². The van der Waals surface area contributed by atoms with E-state index < -0.39 is 18.2 Å². The molecule has 0 amide bonds. The van der Waals surface area contributed by atoms with Crippen molar-refractivity contribution in [3.05, 3.63) is 64.5 Å². The Morgan fingerprint density at radius 2 is 1.90 bits per heavy atom. The molecule has 0 spiro atoms. The summed E-state index contributed by atoms with van der Waals surface area (Å²) in [7, 11) is 0. The summed E-state index contributed by atoms with van der Waals surface area (Å²) < 4.78 is 25.0. The molecule has 1 fully saturated rings. The van der Waals surface area contributed by atoms with E-state index in [1.165, 1.54) is 12.1 Å². The molecule has 2 aromatic rings. The summed E-state index contributed by atoms with van der Waals surface area (Å²) in [5.74, 6) is 0.396. The SMILES string of the molecule is Cc1cc(C)c(OCC2CC(O)CC(=O)O2)c(C(c2ccc(F)cc2)C(C)C)c1. The van der Waals surface area contributed by atoms with Gasteiger partial charge in [0.15, 0.2) is 0 Å². The molecule has 1 aliphatic heterocycles. The lowest BCUT2D eigenvalue weighted by Crippen LogP contribution is -2.36. The Morgan fingerprint density at radius 1 is 1.21 bits per heavy atom. The summed E-state index contributed by atoms with van der Waals surface area (Å²) in [6.07, 6.45) is -0.753. The van der Waals surface area contributed by atoms with Crippen molar-refractivity contribution < 1.29 is 23.8 Å². The highest BCUT2D eigenvalue weighted by Gasteiger charge is 2.29. The number of aliphatic hydroxyl groups is 1. The molecule has 156 valence electrons. The number of rotatable bonds is 6. The molecular formula is C24H29FO4. The van der Waals surface area contributed by atoms with Gasteiger partial charge in [-0.1, -0.05) is 43.7 Å². The van der Waals surface area contributed by atoms with Gasteiger partial charge in [0.05, 0.1) is 12.5 Å². The van der Waals surface area contributed by atoms with Crippen molar-refractivity contribution >= 4 is 5.97 Å². The number of carbonyl (C=O) groups is 1. The van der Waals surface area contributed by atoms with Crippen molar-refractivity contribution in [3.63, 3.8) is 0 Å². The summed E-state index contributed by atoms with van der Waals surface area (Å²) in [4.78, 5) is 11.6. The summed E-state index contributed by atoms with van der Waals surface area (Å²) in [6, 6.07) is 10.8. The first-order valence-corrected chi connectivity index (χ1v) is 10.1. The summed E-state index contributed by atoms with van der Waals surface area (Å²) in [5.41, 5.74) is 4.18. The second-order valence-electron chi connectivity index (χ2n) is 8.29. The standard InChI is InChI=1S/C24H29FO4/c1-14(2)23(17-5-7-18(25)8-6-17)21-10-15(3)9-16(4)24(21)28-13-20-11-19(26)12-22(27)29-20/h5-10,14,19-20,23,26H,11-13H2,1-4H3. The molecule has 1 saturated heterocycles. The number of aryl methyl sites for hydroxylation is 2. The molecule has 2 aromatic carbocycles. The Balaban J connectivity index is 1.93. The van der Waals surface area contributed by atoms with Crippen LogP contribution in [0.25, 0.3) is 0 Å². The maximum absolute atomic E-state index is 13.5. The van der Waals surface area contributed by atoms with Gasteiger partial charge in [0, 0.05) is 17.9 Å². The first kappa shape index (κ1) is 21.3. The van der Waals surface area contributed by atoms with E-state index >= 15 is 0 Å². The van der Waals surface area contributed by atoms with Gasteiger partial charge in [-0.25, -0.2) is 4.39 Å². The van der Waals surface area contributed by atoms with Crippen molar-refractivity contribution in [2.24, 2.45) is 5.92 Å².